The van der Waals surface area contributed by atoms with Crippen molar-refractivity contribution >= 4 is 17.0 Å². The minimum Gasteiger partial charge on any atom is -0.460 e. The highest BCUT2D eigenvalue weighted by Crippen LogP contribution is 2.36. The normalized spacial score (nSPS) is 15.1. The molecule has 33 heavy (non-hydrogen) atoms. The second-order valence-electron chi connectivity index (χ2n) is 8.30. The van der Waals surface area contributed by atoms with Gasteiger partial charge >= 0.3 is 0 Å². The van der Waals surface area contributed by atoms with Gasteiger partial charge in [-0.1, -0.05) is 97.1 Å². The monoisotopic (exact) mass is 436 g/mol. The minimum absolute atomic E-state index is 0.0367. The van der Waals surface area contributed by atoms with Crippen LogP contribution in [0.4, 0.5) is 0 Å². The Balaban J connectivity index is 1.40. The Hall–Kier alpha value is -3.56. The van der Waals surface area contributed by atoms with Gasteiger partial charge in [-0.25, -0.2) is 0 Å². The Kier molecular flexibility index (Phi) is 7.78. The highest BCUT2D eigenvalue weighted by Gasteiger charge is 2.21. The predicted molar refractivity (Wildman–Crippen MR) is 140 cm³/mol. The molecule has 2 N–H and O–H groups in total. The number of benzene rings is 2. The molecule has 1 aliphatic rings. The van der Waals surface area contributed by atoms with Crippen molar-refractivity contribution in [1.29, 1.82) is 0 Å². The van der Waals surface area contributed by atoms with Crippen molar-refractivity contribution in [2.45, 2.75) is 25.3 Å². The first kappa shape index (κ1) is 22.6. The summed E-state index contributed by atoms with van der Waals surface area (Å²) < 4.78 is 6.32. The third kappa shape index (κ3) is 5.63. The summed E-state index contributed by atoms with van der Waals surface area (Å²) in [4.78, 5) is 2.27. The molecule has 1 aliphatic carbocycles. The lowest BCUT2D eigenvalue weighted by atomic mass is 9.98. The van der Waals surface area contributed by atoms with Crippen molar-refractivity contribution in [3.63, 3.8) is 0 Å². The molecule has 1 heterocycles. The summed E-state index contributed by atoms with van der Waals surface area (Å²) in [7, 11) is 2.11. The van der Waals surface area contributed by atoms with E-state index >= 15 is 0 Å². The van der Waals surface area contributed by atoms with Gasteiger partial charge in [0.15, 0.2) is 0 Å². The van der Waals surface area contributed by atoms with Gasteiger partial charge in [0.05, 0.1) is 6.04 Å². The Morgan fingerprint density at radius 2 is 1.82 bits per heavy atom. The van der Waals surface area contributed by atoms with Crippen molar-refractivity contribution < 1.29 is 4.42 Å². The lowest BCUT2D eigenvalue weighted by molar-refractivity contribution is 0.316. The van der Waals surface area contributed by atoms with E-state index < -0.39 is 0 Å². The first-order chi connectivity index (χ1) is 16.3. The molecule has 0 saturated carbocycles. The molecule has 0 spiro atoms. The summed E-state index contributed by atoms with van der Waals surface area (Å²) in [6.07, 6.45) is 23.7. The standard InChI is InChI=1S/C30H32N2O/c1-32(23-12-5-3-2-4-7-14-24-15-8-6-9-16-24)28(21-22-31)27-19-13-18-26-25-17-10-11-20-29(25)33-30(26)27/h2-10,12-13,15-19,21-22,28H,11,14,20,23,31H2,1H3/b3-2-,7-4-,12-5+,22-21-. The smallest absolute Gasteiger partial charge is 0.140 e. The van der Waals surface area contributed by atoms with Gasteiger partial charge in [0.25, 0.3) is 0 Å². The summed E-state index contributed by atoms with van der Waals surface area (Å²) in [6, 6.07) is 16.9. The maximum absolute atomic E-state index is 6.32. The third-order valence-corrected chi connectivity index (χ3v) is 5.97. The molecule has 1 aromatic heterocycles. The summed E-state index contributed by atoms with van der Waals surface area (Å²) in [5.41, 5.74) is 10.5. The van der Waals surface area contributed by atoms with E-state index in [1.165, 1.54) is 16.5 Å². The molecular formula is C30H32N2O. The summed E-state index contributed by atoms with van der Waals surface area (Å²) >= 11 is 0. The van der Waals surface area contributed by atoms with Crippen LogP contribution in [0.25, 0.3) is 17.0 Å². The van der Waals surface area contributed by atoms with Gasteiger partial charge in [-0.3, -0.25) is 4.90 Å². The van der Waals surface area contributed by atoms with Gasteiger partial charge < -0.3 is 10.2 Å². The number of hydrogen-bond donors (Lipinski definition) is 1. The Morgan fingerprint density at radius 1 is 1.00 bits per heavy atom. The quantitative estimate of drug-likeness (QED) is 0.377. The maximum atomic E-state index is 6.32. The molecule has 0 fully saturated rings. The summed E-state index contributed by atoms with van der Waals surface area (Å²) in [6.45, 7) is 0.795. The summed E-state index contributed by atoms with van der Waals surface area (Å²) in [5, 5.41) is 1.18. The number of rotatable bonds is 9. The van der Waals surface area contributed by atoms with Crippen LogP contribution in [-0.4, -0.2) is 18.5 Å². The molecule has 0 amide bonds. The molecule has 3 aromatic rings. The van der Waals surface area contributed by atoms with E-state index in [1.54, 1.807) is 6.20 Å². The van der Waals surface area contributed by atoms with Crippen LogP contribution < -0.4 is 5.73 Å². The lowest BCUT2D eigenvalue weighted by Gasteiger charge is -2.24. The second-order valence-corrected chi connectivity index (χ2v) is 8.30. The number of fused-ring (bicyclic) bond motifs is 3. The number of nitrogens with two attached hydrogens (primary N) is 1. The lowest BCUT2D eigenvalue weighted by Crippen LogP contribution is -2.23. The molecule has 3 heteroatoms. The van der Waals surface area contributed by atoms with Gasteiger partial charge in [0.1, 0.15) is 11.3 Å². The molecular weight excluding hydrogens is 404 g/mol. The van der Waals surface area contributed by atoms with Crippen LogP contribution in [0, 0.1) is 0 Å². The fourth-order valence-electron chi connectivity index (χ4n) is 4.26. The SMILES string of the molecule is CN(C/C=C/C=C\C=C/Cc1ccccc1)C(/C=C\N)c1cccc2c3c(oc12)CCC=C3. The molecule has 4 rings (SSSR count). The highest BCUT2D eigenvalue weighted by atomic mass is 16.3. The van der Waals surface area contributed by atoms with Crippen LogP contribution in [0.5, 0.6) is 0 Å². The van der Waals surface area contributed by atoms with Crippen LogP contribution in [-0.2, 0) is 12.8 Å². The molecule has 0 bridgehead atoms. The van der Waals surface area contributed by atoms with E-state index in [-0.39, 0.29) is 6.04 Å². The maximum Gasteiger partial charge on any atom is 0.140 e. The van der Waals surface area contributed by atoms with Crippen molar-refractivity contribution in [1.82, 2.24) is 4.90 Å². The molecule has 3 nitrogen and oxygen atoms in total. The van der Waals surface area contributed by atoms with E-state index in [0.717, 1.165) is 42.7 Å². The molecule has 0 aliphatic heterocycles. The third-order valence-electron chi connectivity index (χ3n) is 5.97. The van der Waals surface area contributed by atoms with Crippen molar-refractivity contribution in [3.05, 3.63) is 126 Å². The van der Waals surface area contributed by atoms with Crippen LogP contribution in [0.3, 0.4) is 0 Å². The van der Waals surface area contributed by atoms with E-state index in [0.29, 0.717) is 0 Å². The first-order valence-electron chi connectivity index (χ1n) is 11.6. The fraction of sp³-hybridized carbons (Fsp3) is 0.200. The van der Waals surface area contributed by atoms with Gasteiger partial charge in [-0.2, -0.15) is 0 Å². The number of para-hydroxylation sites is 1. The summed E-state index contributed by atoms with van der Waals surface area (Å²) in [5.74, 6) is 1.09. The van der Waals surface area contributed by atoms with Gasteiger partial charge in [0.2, 0.25) is 0 Å². The molecule has 2 aromatic carbocycles. The molecule has 0 radical (unpaired) electrons. The Bertz CT molecular complexity index is 1190. The zero-order valence-electron chi connectivity index (χ0n) is 19.2. The van der Waals surface area contributed by atoms with Gasteiger partial charge in [-0.15, -0.1) is 0 Å². The minimum atomic E-state index is 0.0367. The molecule has 168 valence electrons. The van der Waals surface area contributed by atoms with Gasteiger partial charge in [-0.05, 0) is 37.7 Å². The number of allylic oxidation sites excluding steroid dienone is 6. The van der Waals surface area contributed by atoms with Crippen LogP contribution in [0.15, 0.2) is 108 Å². The van der Waals surface area contributed by atoms with Crippen LogP contribution in [0.1, 0.15) is 34.9 Å². The van der Waals surface area contributed by atoms with E-state index in [1.807, 2.05) is 12.1 Å². The zero-order chi connectivity index (χ0) is 22.9. The molecule has 1 atom stereocenters. The topological polar surface area (TPSA) is 42.4 Å². The van der Waals surface area contributed by atoms with Crippen molar-refractivity contribution in [3.8, 4) is 0 Å². The number of aryl methyl sites for hydroxylation is 1. The van der Waals surface area contributed by atoms with Crippen LogP contribution in [0.2, 0.25) is 0 Å². The highest BCUT2D eigenvalue weighted by molar-refractivity contribution is 5.91. The zero-order valence-corrected chi connectivity index (χ0v) is 19.2. The van der Waals surface area contributed by atoms with E-state index in [4.69, 9.17) is 10.2 Å². The number of furan rings is 1. The largest absolute Gasteiger partial charge is 0.460 e. The number of hydrogen-bond acceptors (Lipinski definition) is 3. The number of likely N-dealkylation sites (N-methyl/N-ethyl adjacent to an activating group) is 1. The van der Waals surface area contributed by atoms with Crippen molar-refractivity contribution in [2.75, 3.05) is 13.6 Å². The average Bonchev–Trinajstić information content (AvgIpc) is 3.24. The fourth-order valence-corrected chi connectivity index (χ4v) is 4.26. The second kappa shape index (κ2) is 11.3. The molecule has 0 saturated heterocycles. The first-order valence-corrected chi connectivity index (χ1v) is 11.6. The van der Waals surface area contributed by atoms with Gasteiger partial charge in [0, 0.05) is 29.5 Å². The Labute approximate surface area is 196 Å². The van der Waals surface area contributed by atoms with Crippen LogP contribution >= 0.6 is 0 Å². The molecule has 1 unspecified atom stereocenters. The van der Waals surface area contributed by atoms with Crippen molar-refractivity contribution in [2.24, 2.45) is 5.73 Å². The average molecular weight is 437 g/mol. The van der Waals surface area contributed by atoms with E-state index in [9.17, 15) is 0 Å². The van der Waals surface area contributed by atoms with E-state index in [2.05, 4.69) is 103 Å². The Morgan fingerprint density at radius 3 is 2.64 bits per heavy atom. The number of nitrogens with zero attached hydrogens (tertiary/aromatic N) is 1. The predicted octanol–water partition coefficient (Wildman–Crippen LogP) is 6.75.